The highest BCUT2D eigenvalue weighted by molar-refractivity contribution is 4.84. The van der Waals surface area contributed by atoms with Gasteiger partial charge in [-0.1, -0.05) is 12.2 Å². The molecule has 0 amide bonds. The Morgan fingerprint density at radius 1 is 1.10 bits per heavy atom. The van der Waals surface area contributed by atoms with Crippen molar-refractivity contribution < 1.29 is 4.48 Å². The van der Waals surface area contributed by atoms with Crippen LogP contribution in [0.4, 0.5) is 4.48 Å². The summed E-state index contributed by atoms with van der Waals surface area (Å²) in [4.78, 5) is 2.02. The molecule has 0 atom stereocenters. The van der Waals surface area contributed by atoms with E-state index in [4.69, 9.17) is 0 Å². The molecule has 0 rings (SSSR count). The lowest BCUT2D eigenvalue weighted by Gasteiger charge is -2.04. The van der Waals surface area contributed by atoms with E-state index in [9.17, 15) is 4.48 Å². The molecule has 0 radical (unpaired) electrons. The summed E-state index contributed by atoms with van der Waals surface area (Å²) in [6.07, 6.45) is 3.75. The fraction of sp³-hybridized carbons (Fsp3) is 0.714. The van der Waals surface area contributed by atoms with Gasteiger partial charge in [0.15, 0.2) is 0 Å². The van der Waals surface area contributed by atoms with Gasteiger partial charge in [-0.05, 0) is 14.1 Å². The number of likely N-dealkylation sites (N-methyl/N-ethyl adjacent to an activating group) is 2. The molecule has 10 heavy (non-hydrogen) atoms. The van der Waals surface area contributed by atoms with Gasteiger partial charge in [0.05, 0.1) is 0 Å². The Morgan fingerprint density at radius 2 is 1.60 bits per heavy atom. The molecular weight excluding hydrogens is 131 g/mol. The van der Waals surface area contributed by atoms with Gasteiger partial charge in [0.2, 0.25) is 0 Å². The van der Waals surface area contributed by atoms with Crippen molar-refractivity contribution in [2.24, 2.45) is 0 Å². The van der Waals surface area contributed by atoms with Crippen LogP contribution in [-0.4, -0.2) is 44.3 Å². The van der Waals surface area contributed by atoms with Crippen molar-refractivity contribution in [2.75, 3.05) is 34.2 Å². The topological polar surface area (TPSA) is 6.48 Å². The molecule has 0 aliphatic carbocycles. The molecule has 0 heterocycles. The maximum Gasteiger partial charge on any atom is 0.0468 e. The van der Waals surface area contributed by atoms with E-state index in [0.29, 0.717) is 11.7 Å². The molecule has 0 saturated carbocycles. The third kappa shape index (κ3) is 7.59. The van der Waals surface area contributed by atoms with E-state index < -0.39 is 0 Å². The fourth-order valence-electron chi connectivity index (χ4n) is 0.505. The zero-order valence-electron chi connectivity index (χ0n) is 6.84. The van der Waals surface area contributed by atoms with E-state index in [-0.39, 0.29) is 0 Å². The Balaban J connectivity index is 3.20. The van der Waals surface area contributed by atoms with Crippen LogP contribution in [0.5, 0.6) is 0 Å². The minimum atomic E-state index is 0.369. The number of nitrogens with zero attached hydrogens (tertiary/aromatic N) is 2. The Bertz CT molecular complexity index is 87.8. The van der Waals surface area contributed by atoms with Crippen molar-refractivity contribution in [3.63, 3.8) is 0 Å². The predicted octanol–water partition coefficient (Wildman–Crippen LogP) is 0.920. The predicted molar refractivity (Wildman–Crippen MR) is 41.4 cm³/mol. The lowest BCUT2D eigenvalue weighted by Crippen LogP contribution is -2.11. The first-order chi connectivity index (χ1) is 4.63. The smallest absolute Gasteiger partial charge is 0.0468 e. The zero-order valence-corrected chi connectivity index (χ0v) is 6.84. The van der Waals surface area contributed by atoms with E-state index >= 15 is 0 Å². The van der Waals surface area contributed by atoms with Crippen LogP contribution >= 0.6 is 0 Å². The summed E-state index contributed by atoms with van der Waals surface area (Å²) in [7, 11) is 5.35. The summed E-state index contributed by atoms with van der Waals surface area (Å²) in [6, 6.07) is 0. The Kier molecular flexibility index (Phi) is 5.16. The summed E-state index contributed by atoms with van der Waals surface area (Å²) in [6.45, 7) is 1.24. The van der Waals surface area contributed by atoms with Crippen LogP contribution in [0.3, 0.4) is 0 Å². The third-order valence-corrected chi connectivity index (χ3v) is 0.994. The maximum absolute atomic E-state index is 12.0. The van der Waals surface area contributed by atoms with Crippen LogP contribution in [0.25, 0.3) is 0 Å². The number of rotatable bonds is 4. The third-order valence-electron chi connectivity index (χ3n) is 0.994. The molecule has 0 unspecified atom stereocenters. The lowest BCUT2D eigenvalue weighted by molar-refractivity contribution is 0.0762. The largest absolute Gasteiger partial charge is 0.306 e. The number of halogens is 1. The van der Waals surface area contributed by atoms with Gasteiger partial charge in [-0.25, -0.2) is 0 Å². The second-order valence-corrected chi connectivity index (χ2v) is 2.52. The molecule has 0 saturated heterocycles. The summed E-state index contributed by atoms with van der Waals surface area (Å²) in [5.74, 6) is 0. The van der Waals surface area contributed by atoms with Crippen molar-refractivity contribution >= 4 is 0 Å². The van der Waals surface area contributed by atoms with Gasteiger partial charge in [0.1, 0.15) is 0 Å². The van der Waals surface area contributed by atoms with E-state index in [1.807, 2.05) is 25.1 Å². The summed E-state index contributed by atoms with van der Waals surface area (Å²) < 4.78 is 12.0. The molecule has 0 aromatic rings. The number of hydrogen-bond donors (Lipinski definition) is 0. The average molecular weight is 146 g/mol. The van der Waals surface area contributed by atoms with Gasteiger partial charge >= 0.3 is 0 Å². The van der Waals surface area contributed by atoms with Crippen molar-refractivity contribution in [3.8, 4) is 0 Å². The van der Waals surface area contributed by atoms with Crippen molar-refractivity contribution in [1.82, 2.24) is 10.0 Å². The molecule has 0 aliphatic rings. The second kappa shape index (κ2) is 5.38. The molecule has 0 aromatic heterocycles. The highest BCUT2D eigenvalue weighted by Gasteiger charge is 1.86. The average Bonchev–Trinajstić information content (AvgIpc) is 1.79. The van der Waals surface area contributed by atoms with Gasteiger partial charge < -0.3 is 4.90 Å². The number of hydrogen-bond acceptors (Lipinski definition) is 2. The van der Waals surface area contributed by atoms with Gasteiger partial charge in [0, 0.05) is 20.1 Å². The highest BCUT2D eigenvalue weighted by atomic mass is 19.2. The quantitative estimate of drug-likeness (QED) is 0.430. The molecule has 2 nitrogen and oxygen atoms in total. The summed E-state index contributed by atoms with van der Waals surface area (Å²) in [5.41, 5.74) is 0. The fourth-order valence-corrected chi connectivity index (χ4v) is 0.505. The minimum absolute atomic E-state index is 0.369. The highest BCUT2D eigenvalue weighted by Crippen LogP contribution is 1.83. The van der Waals surface area contributed by atoms with Crippen LogP contribution in [0, 0.1) is 0 Å². The monoisotopic (exact) mass is 146 g/mol. The van der Waals surface area contributed by atoms with Crippen LogP contribution in [0.2, 0.25) is 0 Å². The molecular formula is C7H15FN2. The van der Waals surface area contributed by atoms with E-state index in [2.05, 4.69) is 0 Å². The Hall–Kier alpha value is -0.410. The normalized spacial score (nSPS) is 12.2. The van der Waals surface area contributed by atoms with Crippen molar-refractivity contribution in [1.29, 1.82) is 0 Å². The summed E-state index contributed by atoms with van der Waals surface area (Å²) >= 11 is 0. The van der Waals surface area contributed by atoms with Gasteiger partial charge in [-0.3, -0.25) is 0 Å². The second-order valence-electron chi connectivity index (χ2n) is 2.52. The standard InChI is InChI=1S/C7H15FN2/c1-9(2)6-4-5-7-10(3)8/h4-5H,6-7H2,1-3H3/b5-4+. The van der Waals surface area contributed by atoms with Crippen LogP contribution in [0.15, 0.2) is 12.2 Å². The van der Waals surface area contributed by atoms with Gasteiger partial charge in [0.25, 0.3) is 0 Å². The molecule has 0 bridgehead atoms. The Labute approximate surface area is 61.9 Å². The van der Waals surface area contributed by atoms with Crippen molar-refractivity contribution in [3.05, 3.63) is 12.2 Å². The molecule has 0 aliphatic heterocycles. The Morgan fingerprint density at radius 3 is 2.00 bits per heavy atom. The molecule has 60 valence electrons. The van der Waals surface area contributed by atoms with Gasteiger partial charge in [-0.15, -0.1) is 9.60 Å². The minimum Gasteiger partial charge on any atom is -0.306 e. The molecule has 3 heteroatoms. The molecule has 0 fully saturated rings. The summed E-state index contributed by atoms with van der Waals surface area (Å²) in [5, 5.41) is 0.645. The van der Waals surface area contributed by atoms with Crippen LogP contribution in [0.1, 0.15) is 0 Å². The van der Waals surface area contributed by atoms with Crippen LogP contribution < -0.4 is 0 Å². The molecule has 0 spiro atoms. The molecule has 0 aromatic carbocycles. The first-order valence-corrected chi connectivity index (χ1v) is 3.29. The SMILES string of the molecule is CN(C)C/C=C/CN(C)F. The first kappa shape index (κ1) is 9.59. The van der Waals surface area contributed by atoms with Crippen LogP contribution in [-0.2, 0) is 0 Å². The van der Waals surface area contributed by atoms with E-state index in [1.54, 1.807) is 6.08 Å². The first-order valence-electron chi connectivity index (χ1n) is 3.29. The van der Waals surface area contributed by atoms with E-state index in [0.717, 1.165) is 6.54 Å². The van der Waals surface area contributed by atoms with Gasteiger partial charge in [-0.2, -0.15) is 0 Å². The van der Waals surface area contributed by atoms with Crippen molar-refractivity contribution in [2.45, 2.75) is 0 Å². The maximum atomic E-state index is 12.0. The van der Waals surface area contributed by atoms with E-state index in [1.165, 1.54) is 7.05 Å². The zero-order chi connectivity index (χ0) is 7.98. The lowest BCUT2D eigenvalue weighted by atomic mass is 10.4. The molecule has 0 N–H and O–H groups in total.